The van der Waals surface area contributed by atoms with Crippen molar-refractivity contribution in [3.8, 4) is 11.1 Å². The molecule has 0 amide bonds. The highest BCUT2D eigenvalue weighted by atomic mass is 19.1. The maximum atomic E-state index is 14.6. The molecule has 1 saturated heterocycles. The van der Waals surface area contributed by atoms with Crippen LogP contribution in [0.25, 0.3) is 16.8 Å². The van der Waals surface area contributed by atoms with Gasteiger partial charge in [0.15, 0.2) is 17.3 Å². The van der Waals surface area contributed by atoms with Crippen LogP contribution >= 0.6 is 0 Å². The molecule has 8 heteroatoms. The average Bonchev–Trinajstić information content (AvgIpc) is 3.20. The molecule has 1 aliphatic heterocycles. The largest absolute Gasteiger partial charge is 0.381 e. The highest BCUT2D eigenvalue weighted by molar-refractivity contribution is 5.77. The van der Waals surface area contributed by atoms with Gasteiger partial charge >= 0.3 is 0 Å². The summed E-state index contributed by atoms with van der Waals surface area (Å²) in [6.45, 7) is 1.68. The van der Waals surface area contributed by atoms with E-state index >= 15 is 0 Å². The van der Waals surface area contributed by atoms with Gasteiger partial charge in [-0.15, -0.1) is 0 Å². The normalized spacial score (nSPS) is 18.9. The predicted molar refractivity (Wildman–Crippen MR) is 79.8 cm³/mol. The first kappa shape index (κ1) is 13.2. The van der Waals surface area contributed by atoms with Crippen molar-refractivity contribution >= 4 is 11.5 Å². The van der Waals surface area contributed by atoms with Crippen LogP contribution in [0.4, 0.5) is 10.2 Å². The van der Waals surface area contributed by atoms with Crippen LogP contribution in [-0.4, -0.2) is 37.9 Å². The van der Waals surface area contributed by atoms with E-state index in [9.17, 15) is 4.39 Å². The third-order valence-corrected chi connectivity index (χ3v) is 4.14. The quantitative estimate of drug-likeness (QED) is 0.663. The van der Waals surface area contributed by atoms with E-state index in [-0.39, 0.29) is 11.7 Å². The molecule has 0 bridgehead atoms. The first-order valence-electron chi connectivity index (χ1n) is 7.28. The molecular weight excluding hydrogens is 285 g/mol. The lowest BCUT2D eigenvalue weighted by Gasteiger charge is -2.23. The molecule has 3 aromatic heterocycles. The Balaban J connectivity index is 1.90. The van der Waals surface area contributed by atoms with E-state index in [0.717, 1.165) is 30.5 Å². The summed E-state index contributed by atoms with van der Waals surface area (Å²) in [5, 5.41) is 14.1. The molecule has 0 radical (unpaired) electrons. The van der Waals surface area contributed by atoms with Gasteiger partial charge in [0.05, 0.1) is 18.1 Å². The Morgan fingerprint density at radius 2 is 2.27 bits per heavy atom. The van der Waals surface area contributed by atoms with Crippen molar-refractivity contribution in [2.45, 2.75) is 18.8 Å². The molecule has 1 fully saturated rings. The van der Waals surface area contributed by atoms with Gasteiger partial charge in [0.2, 0.25) is 0 Å². The van der Waals surface area contributed by atoms with Crippen molar-refractivity contribution in [3.05, 3.63) is 30.1 Å². The third-order valence-electron chi connectivity index (χ3n) is 4.14. The van der Waals surface area contributed by atoms with Gasteiger partial charge in [-0.05, 0) is 19.4 Å². The van der Waals surface area contributed by atoms with Crippen LogP contribution in [0, 0.1) is 5.82 Å². The van der Waals surface area contributed by atoms with Crippen LogP contribution in [0.5, 0.6) is 0 Å². The van der Waals surface area contributed by atoms with E-state index in [4.69, 9.17) is 5.73 Å². The van der Waals surface area contributed by atoms with Crippen LogP contribution in [0.3, 0.4) is 0 Å². The Morgan fingerprint density at radius 3 is 3.00 bits per heavy atom. The first-order valence-corrected chi connectivity index (χ1v) is 7.28. The van der Waals surface area contributed by atoms with Crippen molar-refractivity contribution in [1.82, 2.24) is 30.1 Å². The summed E-state index contributed by atoms with van der Waals surface area (Å²) in [6, 6.07) is 0. The van der Waals surface area contributed by atoms with Gasteiger partial charge in [0.25, 0.3) is 0 Å². The summed E-state index contributed by atoms with van der Waals surface area (Å²) in [6.07, 6.45) is 6.97. The summed E-state index contributed by atoms with van der Waals surface area (Å²) < 4.78 is 15.9. The topological polar surface area (TPSA) is 96.9 Å². The average molecular weight is 301 g/mol. The van der Waals surface area contributed by atoms with Gasteiger partial charge in [-0.25, -0.2) is 9.37 Å². The second-order valence-electron chi connectivity index (χ2n) is 5.52. The molecule has 0 spiro atoms. The molecule has 1 unspecified atom stereocenters. The fraction of sp³-hybridized carbons (Fsp3) is 0.357. The smallest absolute Gasteiger partial charge is 0.187 e. The lowest BCUT2D eigenvalue weighted by molar-refractivity contribution is 0.437. The molecule has 0 aliphatic carbocycles. The van der Waals surface area contributed by atoms with E-state index in [1.165, 1.54) is 4.52 Å². The number of aromatic amines is 1. The van der Waals surface area contributed by atoms with E-state index in [1.54, 1.807) is 18.6 Å². The summed E-state index contributed by atoms with van der Waals surface area (Å²) in [4.78, 5) is 4.54. The molecule has 3 aromatic rings. The zero-order valence-corrected chi connectivity index (χ0v) is 11.9. The minimum atomic E-state index is -0.469. The third kappa shape index (κ3) is 1.95. The summed E-state index contributed by atoms with van der Waals surface area (Å²) in [5.41, 5.74) is 8.54. The van der Waals surface area contributed by atoms with Gasteiger partial charge in [0.1, 0.15) is 0 Å². The number of rotatable bonds is 2. The molecule has 4 rings (SSSR count). The molecule has 4 heterocycles. The van der Waals surface area contributed by atoms with Crippen LogP contribution in [-0.2, 0) is 0 Å². The Labute approximate surface area is 125 Å². The number of fused-ring (bicyclic) bond motifs is 1. The monoisotopic (exact) mass is 301 g/mol. The van der Waals surface area contributed by atoms with Gasteiger partial charge < -0.3 is 11.1 Å². The first-order chi connectivity index (χ1) is 10.8. The minimum absolute atomic E-state index is 0.000295. The predicted octanol–water partition coefficient (Wildman–Crippen LogP) is 1.31. The summed E-state index contributed by atoms with van der Waals surface area (Å²) >= 11 is 0. The number of anilines is 1. The highest BCUT2D eigenvalue weighted by Crippen LogP contribution is 2.30. The zero-order valence-electron chi connectivity index (χ0n) is 11.9. The van der Waals surface area contributed by atoms with E-state index in [1.807, 2.05) is 0 Å². The Hall–Kier alpha value is -2.48. The SMILES string of the molecule is Nc1c(F)c(C2CCCNC2)nc2c(-c3cn[nH]c3)cnn12. The van der Waals surface area contributed by atoms with Crippen molar-refractivity contribution in [3.63, 3.8) is 0 Å². The Morgan fingerprint density at radius 1 is 1.36 bits per heavy atom. The fourth-order valence-electron chi connectivity index (χ4n) is 2.97. The number of halogens is 1. The number of H-pyrrole nitrogens is 1. The molecule has 114 valence electrons. The zero-order chi connectivity index (χ0) is 15.1. The van der Waals surface area contributed by atoms with Crippen molar-refractivity contribution in [2.24, 2.45) is 0 Å². The highest BCUT2D eigenvalue weighted by Gasteiger charge is 2.25. The summed E-state index contributed by atoms with van der Waals surface area (Å²) in [5.74, 6) is -0.434. The van der Waals surface area contributed by atoms with Gasteiger partial charge in [-0.1, -0.05) is 0 Å². The van der Waals surface area contributed by atoms with Crippen molar-refractivity contribution < 1.29 is 4.39 Å². The van der Waals surface area contributed by atoms with E-state index in [0.29, 0.717) is 17.9 Å². The molecule has 0 aromatic carbocycles. The van der Waals surface area contributed by atoms with Gasteiger partial charge in [0, 0.05) is 29.8 Å². The number of piperidine rings is 1. The van der Waals surface area contributed by atoms with Crippen LogP contribution in [0.15, 0.2) is 18.6 Å². The lowest BCUT2D eigenvalue weighted by Crippen LogP contribution is -2.30. The number of nitrogens with one attached hydrogen (secondary N) is 2. The second-order valence-corrected chi connectivity index (χ2v) is 5.52. The second kappa shape index (κ2) is 5.06. The number of hydrogen-bond acceptors (Lipinski definition) is 5. The molecule has 7 nitrogen and oxygen atoms in total. The Bertz CT molecular complexity index is 802. The summed E-state index contributed by atoms with van der Waals surface area (Å²) in [7, 11) is 0. The Kier molecular flexibility index (Phi) is 3.04. The maximum Gasteiger partial charge on any atom is 0.187 e. The molecule has 1 aliphatic rings. The van der Waals surface area contributed by atoms with Crippen molar-refractivity contribution in [1.29, 1.82) is 0 Å². The fourth-order valence-corrected chi connectivity index (χ4v) is 2.97. The minimum Gasteiger partial charge on any atom is -0.381 e. The molecule has 1 atom stereocenters. The number of aromatic nitrogens is 5. The van der Waals surface area contributed by atoms with Crippen molar-refractivity contribution in [2.75, 3.05) is 18.8 Å². The number of nitrogens with two attached hydrogens (primary N) is 1. The lowest BCUT2D eigenvalue weighted by atomic mass is 9.95. The van der Waals surface area contributed by atoms with E-state index in [2.05, 4.69) is 25.6 Å². The molecule has 4 N–H and O–H groups in total. The van der Waals surface area contributed by atoms with Crippen LogP contribution < -0.4 is 11.1 Å². The maximum absolute atomic E-state index is 14.6. The number of hydrogen-bond donors (Lipinski definition) is 3. The van der Waals surface area contributed by atoms with Crippen LogP contribution in [0.2, 0.25) is 0 Å². The molecule has 22 heavy (non-hydrogen) atoms. The van der Waals surface area contributed by atoms with Gasteiger partial charge in [-0.2, -0.15) is 14.7 Å². The van der Waals surface area contributed by atoms with Gasteiger partial charge in [-0.3, -0.25) is 5.10 Å². The molecule has 0 saturated carbocycles. The molecular formula is C14H16FN7. The van der Waals surface area contributed by atoms with E-state index < -0.39 is 5.82 Å². The van der Waals surface area contributed by atoms with Crippen LogP contribution in [0.1, 0.15) is 24.5 Å². The standard InChI is InChI=1S/C14H16FN7/c15-11-12(8-2-1-3-17-4-8)21-14-10(9-5-18-19-6-9)7-20-22(14)13(11)16/h5-8,17H,1-4,16H2,(H,18,19). The number of nitrogens with zero attached hydrogens (tertiary/aromatic N) is 4. The number of nitrogen functional groups attached to an aromatic ring is 1.